The van der Waals surface area contributed by atoms with Gasteiger partial charge in [-0.05, 0) is 37.3 Å². The normalized spacial score (nSPS) is 24.4. The number of fused-ring (bicyclic) bond motifs is 1. The van der Waals surface area contributed by atoms with Crippen LogP contribution < -0.4 is 5.32 Å². The molecule has 2 fully saturated rings. The van der Waals surface area contributed by atoms with Crippen molar-refractivity contribution in [3.63, 3.8) is 0 Å². The van der Waals surface area contributed by atoms with Gasteiger partial charge in [-0.25, -0.2) is 0 Å². The van der Waals surface area contributed by atoms with Gasteiger partial charge in [0.05, 0.1) is 0 Å². The van der Waals surface area contributed by atoms with Crippen LogP contribution in [0.1, 0.15) is 37.0 Å². The Morgan fingerprint density at radius 2 is 1.96 bits per heavy atom. The maximum atomic E-state index is 12.7. The van der Waals surface area contributed by atoms with Crippen LogP contribution in [0.25, 0.3) is 0 Å². The molecule has 0 radical (unpaired) electrons. The molecule has 0 spiro atoms. The van der Waals surface area contributed by atoms with Crippen molar-refractivity contribution in [2.24, 2.45) is 5.92 Å². The van der Waals surface area contributed by atoms with Gasteiger partial charge in [0.25, 0.3) is 0 Å². The molecule has 2 saturated heterocycles. The fraction of sp³-hybridized carbons (Fsp3) is 0.600. The summed E-state index contributed by atoms with van der Waals surface area (Å²) in [6.07, 6.45) is 0.708. The summed E-state index contributed by atoms with van der Waals surface area (Å²) in [4.78, 5) is 29.3. The van der Waals surface area contributed by atoms with Gasteiger partial charge in [-0.15, -0.1) is 0 Å². The van der Waals surface area contributed by atoms with E-state index >= 15 is 0 Å². The minimum absolute atomic E-state index is 0.00378. The van der Waals surface area contributed by atoms with Crippen LogP contribution in [0.2, 0.25) is 0 Å². The van der Waals surface area contributed by atoms with Gasteiger partial charge in [-0.2, -0.15) is 0 Å². The van der Waals surface area contributed by atoms with E-state index < -0.39 is 0 Å². The second-order valence-corrected chi connectivity index (χ2v) is 7.90. The number of benzene rings is 1. The number of aryl methyl sites for hydroxylation is 2. The molecule has 1 aromatic carbocycles. The average Bonchev–Trinajstić information content (AvgIpc) is 2.55. The highest BCUT2D eigenvalue weighted by Crippen LogP contribution is 2.21. The summed E-state index contributed by atoms with van der Waals surface area (Å²) in [5.74, 6) is 0.469. The van der Waals surface area contributed by atoms with Crippen LogP contribution >= 0.6 is 0 Å². The Morgan fingerprint density at radius 1 is 1.20 bits per heavy atom. The van der Waals surface area contributed by atoms with Crippen LogP contribution in [0.5, 0.6) is 0 Å². The zero-order chi connectivity index (χ0) is 18.1. The summed E-state index contributed by atoms with van der Waals surface area (Å²) in [5.41, 5.74) is 3.82. The second-order valence-electron chi connectivity index (χ2n) is 7.90. The minimum Gasteiger partial charge on any atom is -0.342 e. The Bertz CT molecular complexity index is 671. The molecule has 25 heavy (non-hydrogen) atoms. The molecule has 136 valence electrons. The predicted octanol–water partition coefficient (Wildman–Crippen LogP) is 1.86. The number of hydrogen-bond acceptors (Lipinski definition) is 3. The zero-order valence-corrected chi connectivity index (χ0v) is 15.7. The van der Waals surface area contributed by atoms with Crippen LogP contribution in [-0.2, 0) is 16.1 Å². The van der Waals surface area contributed by atoms with Crippen LogP contribution in [0.3, 0.4) is 0 Å². The van der Waals surface area contributed by atoms with E-state index in [1.165, 1.54) is 16.7 Å². The second kappa shape index (κ2) is 7.16. The molecule has 0 unspecified atom stereocenters. The quantitative estimate of drug-likeness (QED) is 0.908. The minimum atomic E-state index is -0.352. The fourth-order valence-electron chi connectivity index (χ4n) is 3.84. The molecule has 2 aliphatic heterocycles. The lowest BCUT2D eigenvalue weighted by molar-refractivity contribution is -0.153. The highest BCUT2D eigenvalue weighted by molar-refractivity contribution is 5.97. The topological polar surface area (TPSA) is 52.6 Å². The Morgan fingerprint density at radius 3 is 2.68 bits per heavy atom. The Balaban J connectivity index is 1.68. The molecule has 3 rings (SSSR count). The lowest BCUT2D eigenvalue weighted by atomic mass is 9.97. The standard InChI is InChI=1S/C20H29N3O2/c1-13(2)9-17-20(25)23-8-7-22(12-18(23)19(24)21-17)11-16-10-14(3)5-6-15(16)4/h5-6,10,13,17-18H,7-9,11-12H2,1-4H3,(H,21,24)/t17-,18-/m1/s1. The number of nitrogens with one attached hydrogen (secondary N) is 1. The van der Waals surface area contributed by atoms with Crippen molar-refractivity contribution in [2.75, 3.05) is 19.6 Å². The first kappa shape index (κ1) is 17.9. The SMILES string of the molecule is Cc1ccc(C)c(CN2CCN3C(=O)[C@@H](CC(C)C)NC(=O)[C@H]3C2)c1. The van der Waals surface area contributed by atoms with E-state index in [4.69, 9.17) is 0 Å². The predicted molar refractivity (Wildman–Crippen MR) is 98.1 cm³/mol. The van der Waals surface area contributed by atoms with Crippen molar-refractivity contribution in [2.45, 2.75) is 52.7 Å². The molecule has 0 aliphatic carbocycles. The lowest BCUT2D eigenvalue weighted by Gasteiger charge is -2.45. The van der Waals surface area contributed by atoms with Crippen LogP contribution in [-0.4, -0.2) is 53.3 Å². The molecule has 2 heterocycles. The third kappa shape index (κ3) is 3.87. The molecule has 0 saturated carbocycles. The van der Waals surface area contributed by atoms with E-state index in [0.717, 1.165) is 13.1 Å². The average molecular weight is 343 g/mol. The van der Waals surface area contributed by atoms with Gasteiger partial charge in [-0.3, -0.25) is 14.5 Å². The fourth-order valence-corrected chi connectivity index (χ4v) is 3.84. The first-order chi connectivity index (χ1) is 11.8. The van der Waals surface area contributed by atoms with Crippen molar-refractivity contribution in [3.8, 4) is 0 Å². The molecule has 5 heteroatoms. The summed E-state index contributed by atoms with van der Waals surface area (Å²) in [6, 6.07) is 5.78. The Labute approximate surface area is 150 Å². The van der Waals surface area contributed by atoms with Crippen LogP contribution in [0.4, 0.5) is 0 Å². The van der Waals surface area contributed by atoms with E-state index in [0.29, 0.717) is 25.4 Å². The first-order valence-electron chi connectivity index (χ1n) is 9.24. The summed E-state index contributed by atoms with van der Waals surface area (Å²) in [7, 11) is 0. The summed E-state index contributed by atoms with van der Waals surface area (Å²) < 4.78 is 0. The molecule has 2 atom stereocenters. The van der Waals surface area contributed by atoms with E-state index in [1.54, 1.807) is 4.90 Å². The van der Waals surface area contributed by atoms with E-state index in [9.17, 15) is 9.59 Å². The largest absolute Gasteiger partial charge is 0.342 e. The number of rotatable bonds is 4. The first-order valence-corrected chi connectivity index (χ1v) is 9.24. The van der Waals surface area contributed by atoms with Gasteiger partial charge >= 0.3 is 0 Å². The van der Waals surface area contributed by atoms with Gasteiger partial charge in [0.2, 0.25) is 11.8 Å². The zero-order valence-electron chi connectivity index (χ0n) is 15.7. The Hall–Kier alpha value is -1.88. The molecule has 2 amide bonds. The number of carbonyl (C=O) groups excluding carboxylic acids is 2. The van der Waals surface area contributed by atoms with E-state index in [2.05, 4.69) is 56.1 Å². The van der Waals surface area contributed by atoms with Crippen molar-refractivity contribution in [3.05, 3.63) is 34.9 Å². The molecule has 1 aromatic rings. The molecular weight excluding hydrogens is 314 g/mol. The van der Waals surface area contributed by atoms with Crippen molar-refractivity contribution in [1.82, 2.24) is 15.1 Å². The maximum Gasteiger partial charge on any atom is 0.245 e. The molecular formula is C20H29N3O2. The highest BCUT2D eigenvalue weighted by Gasteiger charge is 2.43. The Kier molecular flexibility index (Phi) is 5.13. The van der Waals surface area contributed by atoms with Gasteiger partial charge < -0.3 is 10.2 Å². The number of piperazine rings is 2. The summed E-state index contributed by atoms with van der Waals surface area (Å²) in [5, 5.41) is 2.94. The molecule has 0 aromatic heterocycles. The number of amides is 2. The summed E-state index contributed by atoms with van der Waals surface area (Å²) in [6.45, 7) is 11.3. The van der Waals surface area contributed by atoms with Crippen molar-refractivity contribution < 1.29 is 9.59 Å². The van der Waals surface area contributed by atoms with Crippen molar-refractivity contribution in [1.29, 1.82) is 0 Å². The van der Waals surface area contributed by atoms with E-state index in [1.807, 2.05) is 0 Å². The number of hydrogen-bond donors (Lipinski definition) is 1. The highest BCUT2D eigenvalue weighted by atomic mass is 16.2. The number of nitrogens with zero attached hydrogens (tertiary/aromatic N) is 2. The van der Waals surface area contributed by atoms with Gasteiger partial charge in [0, 0.05) is 26.2 Å². The maximum absolute atomic E-state index is 12.7. The lowest BCUT2D eigenvalue weighted by Crippen LogP contribution is -2.69. The third-order valence-electron chi connectivity index (χ3n) is 5.27. The molecule has 1 N–H and O–H groups in total. The molecule has 5 nitrogen and oxygen atoms in total. The smallest absolute Gasteiger partial charge is 0.245 e. The summed E-state index contributed by atoms with van der Waals surface area (Å²) >= 11 is 0. The van der Waals surface area contributed by atoms with Crippen LogP contribution in [0, 0.1) is 19.8 Å². The monoisotopic (exact) mass is 343 g/mol. The van der Waals surface area contributed by atoms with Crippen LogP contribution in [0.15, 0.2) is 18.2 Å². The molecule has 0 bridgehead atoms. The third-order valence-corrected chi connectivity index (χ3v) is 5.27. The van der Waals surface area contributed by atoms with Gasteiger partial charge in [-0.1, -0.05) is 37.6 Å². The number of carbonyl (C=O) groups is 2. The van der Waals surface area contributed by atoms with Gasteiger partial charge in [0.1, 0.15) is 12.1 Å². The van der Waals surface area contributed by atoms with E-state index in [-0.39, 0.29) is 23.9 Å². The van der Waals surface area contributed by atoms with Crippen molar-refractivity contribution >= 4 is 11.8 Å². The molecule has 2 aliphatic rings. The van der Waals surface area contributed by atoms with Gasteiger partial charge in [0.15, 0.2) is 0 Å².